The largest absolute Gasteiger partial charge is 0.454 e. The lowest BCUT2D eigenvalue weighted by atomic mass is 10.2. The van der Waals surface area contributed by atoms with E-state index < -0.39 is 0 Å². The van der Waals surface area contributed by atoms with Gasteiger partial charge in [-0.3, -0.25) is 4.68 Å². The molecule has 3 aromatic rings. The maximum absolute atomic E-state index is 5.73. The number of aryl methyl sites for hydroxylation is 1. The summed E-state index contributed by atoms with van der Waals surface area (Å²) >= 11 is 0. The monoisotopic (exact) mass is 242 g/mol. The number of nitrogens with zero attached hydrogens (tertiary/aromatic N) is 3. The normalized spacial score (nSPS) is 11.2. The summed E-state index contributed by atoms with van der Waals surface area (Å²) in [7, 11) is 0. The van der Waals surface area contributed by atoms with Gasteiger partial charge >= 0.3 is 0 Å². The van der Waals surface area contributed by atoms with E-state index in [0.717, 1.165) is 35.4 Å². The van der Waals surface area contributed by atoms with Gasteiger partial charge in [-0.15, -0.1) is 5.10 Å². The molecule has 0 bridgehead atoms. The molecule has 2 N–H and O–H groups in total. The summed E-state index contributed by atoms with van der Waals surface area (Å²) in [4.78, 5) is 0. The number of benzene rings is 1. The van der Waals surface area contributed by atoms with Crippen molar-refractivity contribution in [3.8, 4) is 11.5 Å². The number of fused-ring (bicyclic) bond motifs is 1. The molecule has 18 heavy (non-hydrogen) atoms. The molecule has 0 radical (unpaired) electrons. The third-order valence-electron chi connectivity index (χ3n) is 2.81. The van der Waals surface area contributed by atoms with Crippen LogP contribution >= 0.6 is 0 Å². The number of aromatic nitrogens is 3. The number of hydrogen-bond acceptors (Lipinski definition) is 4. The first-order valence-electron chi connectivity index (χ1n) is 5.96. The zero-order valence-corrected chi connectivity index (χ0v) is 9.91. The summed E-state index contributed by atoms with van der Waals surface area (Å²) in [6, 6.07) is 9.87. The molecule has 0 atom stereocenters. The summed E-state index contributed by atoms with van der Waals surface area (Å²) in [5.74, 6) is 0.746. The first-order valence-corrected chi connectivity index (χ1v) is 5.96. The third-order valence-corrected chi connectivity index (χ3v) is 2.81. The molecule has 5 heteroatoms. The number of furan rings is 1. The molecule has 0 saturated carbocycles. The molecule has 2 aromatic heterocycles. The maximum atomic E-state index is 5.73. The minimum absolute atomic E-state index is 0.653. The Morgan fingerprint density at radius 1 is 1.28 bits per heavy atom. The SMILES string of the molecule is NCCCn1cc(-c2cc3ccccc3o2)nn1. The highest BCUT2D eigenvalue weighted by molar-refractivity contribution is 5.81. The fourth-order valence-corrected chi connectivity index (χ4v) is 1.88. The predicted octanol–water partition coefficient (Wildman–Crippen LogP) is 2.04. The lowest BCUT2D eigenvalue weighted by Gasteiger charge is -1.95. The second-order valence-electron chi connectivity index (χ2n) is 4.16. The molecule has 0 fully saturated rings. The summed E-state index contributed by atoms with van der Waals surface area (Å²) in [6.45, 7) is 1.43. The van der Waals surface area contributed by atoms with Crippen LogP contribution in [0.3, 0.4) is 0 Å². The van der Waals surface area contributed by atoms with Crippen LogP contribution in [0.25, 0.3) is 22.4 Å². The van der Waals surface area contributed by atoms with Crippen molar-refractivity contribution in [1.29, 1.82) is 0 Å². The number of nitrogens with two attached hydrogens (primary N) is 1. The number of rotatable bonds is 4. The molecule has 0 spiro atoms. The second-order valence-corrected chi connectivity index (χ2v) is 4.16. The van der Waals surface area contributed by atoms with Gasteiger partial charge in [0.15, 0.2) is 5.76 Å². The Kier molecular flexibility index (Phi) is 2.82. The van der Waals surface area contributed by atoms with Crippen molar-refractivity contribution in [1.82, 2.24) is 15.0 Å². The molecule has 0 aliphatic rings. The molecule has 92 valence electrons. The minimum atomic E-state index is 0.653. The van der Waals surface area contributed by atoms with Crippen molar-refractivity contribution < 1.29 is 4.42 Å². The van der Waals surface area contributed by atoms with Crippen molar-refractivity contribution in [2.24, 2.45) is 5.73 Å². The fraction of sp³-hybridized carbons (Fsp3) is 0.231. The van der Waals surface area contributed by atoms with Gasteiger partial charge in [0.2, 0.25) is 0 Å². The lowest BCUT2D eigenvalue weighted by molar-refractivity contribution is 0.564. The molecule has 0 aliphatic carbocycles. The van der Waals surface area contributed by atoms with Crippen LogP contribution in [-0.2, 0) is 6.54 Å². The van der Waals surface area contributed by atoms with Gasteiger partial charge < -0.3 is 10.2 Å². The van der Waals surface area contributed by atoms with Crippen molar-refractivity contribution in [3.63, 3.8) is 0 Å². The van der Waals surface area contributed by atoms with Crippen molar-refractivity contribution in [3.05, 3.63) is 36.5 Å². The Morgan fingerprint density at radius 3 is 3.00 bits per heavy atom. The lowest BCUT2D eigenvalue weighted by Crippen LogP contribution is -2.06. The summed E-state index contributed by atoms with van der Waals surface area (Å²) in [5.41, 5.74) is 7.08. The van der Waals surface area contributed by atoms with Gasteiger partial charge in [0, 0.05) is 11.9 Å². The van der Waals surface area contributed by atoms with Crippen molar-refractivity contribution >= 4 is 11.0 Å². The third kappa shape index (κ3) is 2.00. The molecular weight excluding hydrogens is 228 g/mol. The van der Waals surface area contributed by atoms with Gasteiger partial charge in [0.25, 0.3) is 0 Å². The zero-order chi connectivity index (χ0) is 12.4. The van der Waals surface area contributed by atoms with E-state index in [2.05, 4.69) is 10.3 Å². The summed E-state index contributed by atoms with van der Waals surface area (Å²) < 4.78 is 7.52. The van der Waals surface area contributed by atoms with E-state index in [1.54, 1.807) is 4.68 Å². The number of hydrogen-bond donors (Lipinski definition) is 1. The Balaban J connectivity index is 1.91. The van der Waals surface area contributed by atoms with E-state index in [1.165, 1.54) is 0 Å². The molecule has 0 amide bonds. The zero-order valence-electron chi connectivity index (χ0n) is 9.91. The molecule has 0 aliphatic heterocycles. The highest BCUT2D eigenvalue weighted by Gasteiger charge is 2.09. The Hall–Kier alpha value is -2.14. The van der Waals surface area contributed by atoms with Gasteiger partial charge in [-0.2, -0.15) is 0 Å². The van der Waals surface area contributed by atoms with Crippen LogP contribution in [0.2, 0.25) is 0 Å². The van der Waals surface area contributed by atoms with Crippen LogP contribution in [0.5, 0.6) is 0 Å². The van der Waals surface area contributed by atoms with Crippen LogP contribution in [0.1, 0.15) is 6.42 Å². The highest BCUT2D eigenvalue weighted by atomic mass is 16.3. The minimum Gasteiger partial charge on any atom is -0.454 e. The van der Waals surface area contributed by atoms with E-state index in [0.29, 0.717) is 6.54 Å². The average Bonchev–Trinajstić information content (AvgIpc) is 3.02. The van der Waals surface area contributed by atoms with Crippen molar-refractivity contribution in [2.45, 2.75) is 13.0 Å². The number of para-hydroxylation sites is 1. The second kappa shape index (κ2) is 4.62. The molecular formula is C13H14N4O. The van der Waals surface area contributed by atoms with E-state index in [9.17, 15) is 0 Å². The van der Waals surface area contributed by atoms with E-state index in [-0.39, 0.29) is 0 Å². The van der Waals surface area contributed by atoms with Gasteiger partial charge in [-0.1, -0.05) is 23.4 Å². The van der Waals surface area contributed by atoms with E-state index in [1.807, 2.05) is 36.5 Å². The van der Waals surface area contributed by atoms with Crippen LogP contribution in [0.15, 0.2) is 40.9 Å². The molecule has 1 aromatic carbocycles. The fourth-order valence-electron chi connectivity index (χ4n) is 1.88. The first kappa shape index (κ1) is 11.0. The predicted molar refractivity (Wildman–Crippen MR) is 68.9 cm³/mol. The van der Waals surface area contributed by atoms with Gasteiger partial charge in [-0.05, 0) is 25.1 Å². The standard InChI is InChI=1S/C13H14N4O/c14-6-3-7-17-9-11(15-16-17)13-8-10-4-1-2-5-12(10)18-13/h1-2,4-5,8-9H,3,6-7,14H2. The quantitative estimate of drug-likeness (QED) is 0.760. The van der Waals surface area contributed by atoms with Crippen LogP contribution < -0.4 is 5.73 Å². The van der Waals surface area contributed by atoms with E-state index >= 15 is 0 Å². The van der Waals surface area contributed by atoms with Gasteiger partial charge in [0.05, 0.1) is 6.20 Å². The van der Waals surface area contributed by atoms with Crippen LogP contribution in [-0.4, -0.2) is 21.5 Å². The Morgan fingerprint density at radius 2 is 2.17 bits per heavy atom. The molecule has 5 nitrogen and oxygen atoms in total. The molecule has 0 unspecified atom stereocenters. The van der Waals surface area contributed by atoms with Crippen molar-refractivity contribution in [2.75, 3.05) is 6.54 Å². The Bertz CT molecular complexity index is 623. The average molecular weight is 242 g/mol. The van der Waals surface area contributed by atoms with Gasteiger partial charge in [-0.25, -0.2) is 0 Å². The molecule has 3 rings (SSSR count). The van der Waals surface area contributed by atoms with Gasteiger partial charge in [0.1, 0.15) is 11.3 Å². The summed E-state index contributed by atoms with van der Waals surface area (Å²) in [5, 5.41) is 9.24. The smallest absolute Gasteiger partial charge is 0.157 e. The van der Waals surface area contributed by atoms with E-state index in [4.69, 9.17) is 10.2 Å². The topological polar surface area (TPSA) is 69.9 Å². The Labute approximate surface area is 104 Å². The maximum Gasteiger partial charge on any atom is 0.157 e. The van der Waals surface area contributed by atoms with Crippen LogP contribution in [0, 0.1) is 0 Å². The molecule has 0 saturated heterocycles. The molecule has 2 heterocycles. The first-order chi connectivity index (χ1) is 8.86. The van der Waals surface area contributed by atoms with Crippen LogP contribution in [0.4, 0.5) is 0 Å². The highest BCUT2D eigenvalue weighted by Crippen LogP contribution is 2.25. The summed E-state index contributed by atoms with van der Waals surface area (Å²) in [6.07, 6.45) is 2.77.